The summed E-state index contributed by atoms with van der Waals surface area (Å²) < 4.78 is 35.0. The zero-order chi connectivity index (χ0) is 32.6. The fourth-order valence-corrected chi connectivity index (χ4v) is 6.14. The van der Waals surface area contributed by atoms with Crippen LogP contribution in [-0.2, 0) is 21.6 Å². The van der Waals surface area contributed by atoms with Gasteiger partial charge in [-0.3, -0.25) is 9.59 Å². The molecule has 0 bridgehead atoms. The van der Waals surface area contributed by atoms with Gasteiger partial charge in [0.2, 0.25) is 0 Å². The molecular weight excluding hydrogens is 594 g/mol. The quantitative estimate of drug-likeness (QED) is 0.198. The molecule has 45 heavy (non-hydrogen) atoms. The fourth-order valence-electron chi connectivity index (χ4n) is 4.66. The average Bonchev–Trinajstić information content (AvgIpc) is 3.05. The van der Waals surface area contributed by atoms with Gasteiger partial charge in [0.1, 0.15) is 18.4 Å². The lowest BCUT2D eigenvalue weighted by atomic mass is 10.1. The van der Waals surface area contributed by atoms with E-state index in [1.54, 1.807) is 32.0 Å². The topological polar surface area (TPSA) is 143 Å². The van der Waals surface area contributed by atoms with Crippen LogP contribution in [0.15, 0.2) is 72.8 Å². The first-order valence-electron chi connectivity index (χ1n) is 14.3. The van der Waals surface area contributed by atoms with Crippen LogP contribution < -0.4 is 14.4 Å². The Morgan fingerprint density at radius 1 is 0.978 bits per heavy atom. The number of ether oxygens (including phenoxy) is 1. The minimum atomic E-state index is -3.94. The molecular formula is C33H35N5O6S. The summed E-state index contributed by atoms with van der Waals surface area (Å²) in [6.45, 7) is 4.89. The SMILES string of the molecule is CC(C)[C@@H](NS(=O)(=O)N1CCN(c2ccc(C#Cc3ccc(OCc4ccccc4)c(C(=O)N(C)C#N)c3)cc2)CC1)C(=O)O. The number of nitrogens with one attached hydrogen (secondary N) is 1. The Balaban J connectivity index is 1.42. The van der Waals surface area contributed by atoms with Gasteiger partial charge >= 0.3 is 5.97 Å². The number of aliphatic carboxylic acids is 1. The van der Waals surface area contributed by atoms with Gasteiger partial charge in [-0.25, -0.2) is 4.90 Å². The zero-order valence-electron chi connectivity index (χ0n) is 25.3. The van der Waals surface area contributed by atoms with Gasteiger partial charge in [-0.05, 0) is 53.9 Å². The van der Waals surface area contributed by atoms with E-state index in [1.165, 1.54) is 11.4 Å². The summed E-state index contributed by atoms with van der Waals surface area (Å²) in [6.07, 6.45) is 1.83. The van der Waals surface area contributed by atoms with E-state index >= 15 is 0 Å². The normalized spacial score (nSPS) is 14.2. The van der Waals surface area contributed by atoms with E-state index in [0.29, 0.717) is 24.4 Å². The summed E-state index contributed by atoms with van der Waals surface area (Å²) in [5, 5.41) is 18.6. The Morgan fingerprint density at radius 3 is 2.20 bits per heavy atom. The predicted molar refractivity (Wildman–Crippen MR) is 169 cm³/mol. The van der Waals surface area contributed by atoms with Crippen LogP contribution >= 0.6 is 0 Å². The third-order valence-corrected chi connectivity index (χ3v) is 8.87. The molecule has 12 heteroatoms. The molecule has 1 saturated heterocycles. The van der Waals surface area contributed by atoms with E-state index in [4.69, 9.17) is 4.74 Å². The predicted octanol–water partition coefficient (Wildman–Crippen LogP) is 3.28. The molecule has 0 spiro atoms. The summed E-state index contributed by atoms with van der Waals surface area (Å²) in [5.74, 6) is 4.42. The summed E-state index contributed by atoms with van der Waals surface area (Å²) >= 11 is 0. The average molecular weight is 630 g/mol. The number of carboxylic acid groups (broad SMARTS) is 1. The number of anilines is 1. The first-order chi connectivity index (χ1) is 21.5. The van der Waals surface area contributed by atoms with Crippen molar-refractivity contribution in [2.24, 2.45) is 5.92 Å². The van der Waals surface area contributed by atoms with Crippen molar-refractivity contribution < 1.29 is 27.9 Å². The van der Waals surface area contributed by atoms with E-state index in [-0.39, 0.29) is 25.3 Å². The highest BCUT2D eigenvalue weighted by molar-refractivity contribution is 7.87. The van der Waals surface area contributed by atoms with Crippen molar-refractivity contribution in [1.82, 2.24) is 13.9 Å². The lowest BCUT2D eigenvalue weighted by molar-refractivity contribution is -0.140. The van der Waals surface area contributed by atoms with Gasteiger partial charge in [0.15, 0.2) is 6.19 Å². The smallest absolute Gasteiger partial charge is 0.322 e. The van der Waals surface area contributed by atoms with E-state index in [1.807, 2.05) is 60.8 Å². The molecule has 3 aromatic carbocycles. The first kappa shape index (κ1) is 33.0. The van der Waals surface area contributed by atoms with Crippen LogP contribution in [0.2, 0.25) is 0 Å². The Labute approximate surface area is 263 Å². The number of amides is 1. The second-order valence-electron chi connectivity index (χ2n) is 10.8. The lowest BCUT2D eigenvalue weighted by Gasteiger charge is -2.36. The molecule has 0 saturated carbocycles. The van der Waals surface area contributed by atoms with Gasteiger partial charge in [-0.2, -0.15) is 22.7 Å². The van der Waals surface area contributed by atoms with Crippen molar-refractivity contribution in [1.29, 1.82) is 5.26 Å². The largest absolute Gasteiger partial charge is 0.488 e. The summed E-state index contributed by atoms with van der Waals surface area (Å²) in [5.41, 5.74) is 3.40. The maximum absolute atomic E-state index is 12.9. The van der Waals surface area contributed by atoms with Crippen LogP contribution in [0.1, 0.15) is 40.9 Å². The molecule has 1 amide bonds. The number of piperazine rings is 1. The third kappa shape index (κ3) is 8.61. The summed E-state index contributed by atoms with van der Waals surface area (Å²) in [6, 6.07) is 20.9. The van der Waals surface area contributed by atoms with Gasteiger partial charge in [0.05, 0.1) is 5.56 Å². The van der Waals surface area contributed by atoms with Crippen LogP contribution in [0.4, 0.5) is 5.69 Å². The van der Waals surface area contributed by atoms with Crippen LogP contribution in [0.5, 0.6) is 5.75 Å². The van der Waals surface area contributed by atoms with Gasteiger partial charge in [-0.1, -0.05) is 56.0 Å². The minimum Gasteiger partial charge on any atom is -0.488 e. The van der Waals surface area contributed by atoms with Crippen molar-refractivity contribution in [2.45, 2.75) is 26.5 Å². The van der Waals surface area contributed by atoms with Crippen molar-refractivity contribution in [3.05, 3.63) is 95.1 Å². The van der Waals surface area contributed by atoms with E-state index < -0.39 is 34.0 Å². The van der Waals surface area contributed by atoms with Crippen molar-refractivity contribution in [3.63, 3.8) is 0 Å². The van der Waals surface area contributed by atoms with Crippen molar-refractivity contribution in [3.8, 4) is 23.8 Å². The molecule has 2 N–H and O–H groups in total. The number of carbonyl (C=O) groups is 2. The fraction of sp³-hybridized carbons (Fsp3) is 0.303. The van der Waals surface area contributed by atoms with Crippen LogP contribution in [0.3, 0.4) is 0 Å². The number of rotatable bonds is 10. The van der Waals surface area contributed by atoms with Gasteiger partial charge in [0.25, 0.3) is 16.1 Å². The van der Waals surface area contributed by atoms with E-state index in [0.717, 1.165) is 21.7 Å². The Morgan fingerprint density at radius 2 is 1.60 bits per heavy atom. The molecule has 1 aliphatic heterocycles. The Hall–Kier alpha value is -4.88. The number of hydrogen-bond acceptors (Lipinski definition) is 7. The number of carboxylic acids is 1. The molecule has 0 aliphatic carbocycles. The molecule has 234 valence electrons. The molecule has 4 rings (SSSR count). The first-order valence-corrected chi connectivity index (χ1v) is 15.8. The molecule has 0 aromatic heterocycles. The lowest BCUT2D eigenvalue weighted by Crippen LogP contribution is -2.55. The van der Waals surface area contributed by atoms with E-state index in [2.05, 4.69) is 21.5 Å². The molecule has 0 radical (unpaired) electrons. The highest BCUT2D eigenvalue weighted by Gasteiger charge is 2.33. The number of nitrogens with zero attached hydrogens (tertiary/aromatic N) is 4. The monoisotopic (exact) mass is 629 g/mol. The molecule has 1 aliphatic rings. The standard InChI is InChI=1S/C33H35N5O6S/c1-24(2)31(33(40)41)35-45(42,43)38-19-17-37(18-20-38)28-14-11-25(12-15-28)9-10-26-13-16-30(29(21-26)32(39)36(3)23-34)44-22-27-7-5-4-6-8-27/h4-8,11-16,21,24,31,35H,17-20,22H2,1-3H3,(H,40,41)/t31-/m1/s1. The van der Waals surface area contributed by atoms with Crippen LogP contribution in [0.25, 0.3) is 0 Å². The second kappa shape index (κ2) is 14.7. The number of hydrogen-bond donors (Lipinski definition) is 2. The van der Waals surface area contributed by atoms with Crippen LogP contribution in [-0.4, -0.2) is 73.9 Å². The van der Waals surface area contributed by atoms with Crippen molar-refractivity contribution in [2.75, 3.05) is 38.1 Å². The molecule has 0 unspecified atom stereocenters. The number of nitriles is 1. The summed E-state index contributed by atoms with van der Waals surface area (Å²) in [4.78, 5) is 27.4. The third-order valence-electron chi connectivity index (χ3n) is 7.27. The number of benzene rings is 3. The highest BCUT2D eigenvalue weighted by Crippen LogP contribution is 2.23. The maximum atomic E-state index is 12.9. The summed E-state index contributed by atoms with van der Waals surface area (Å²) in [7, 11) is -2.55. The minimum absolute atomic E-state index is 0.217. The van der Waals surface area contributed by atoms with Gasteiger partial charge < -0.3 is 14.7 Å². The second-order valence-corrected chi connectivity index (χ2v) is 12.5. The molecule has 1 atom stereocenters. The molecule has 11 nitrogen and oxygen atoms in total. The Kier molecular flexibility index (Phi) is 10.8. The molecule has 1 fully saturated rings. The molecule has 3 aromatic rings. The van der Waals surface area contributed by atoms with Crippen molar-refractivity contribution >= 4 is 27.8 Å². The van der Waals surface area contributed by atoms with Gasteiger partial charge in [-0.15, -0.1) is 0 Å². The maximum Gasteiger partial charge on any atom is 0.322 e. The zero-order valence-corrected chi connectivity index (χ0v) is 26.1. The Bertz CT molecular complexity index is 1720. The number of carbonyl (C=O) groups excluding carboxylic acids is 1. The van der Waals surface area contributed by atoms with Crippen LogP contribution in [0, 0.1) is 29.2 Å². The highest BCUT2D eigenvalue weighted by atomic mass is 32.2. The molecule has 1 heterocycles. The van der Waals surface area contributed by atoms with Gasteiger partial charge in [0, 0.05) is 50.0 Å². The van der Waals surface area contributed by atoms with E-state index in [9.17, 15) is 28.4 Å².